The van der Waals surface area contributed by atoms with E-state index in [0.717, 1.165) is 37.9 Å². The molecule has 3 atom stereocenters. The number of hydrogen-bond acceptors (Lipinski definition) is 6. The average Bonchev–Trinajstić information content (AvgIpc) is 2.85. The first kappa shape index (κ1) is 24.1. The molecule has 1 saturated heterocycles. The maximum absolute atomic E-state index is 14.0. The Kier molecular flexibility index (Phi) is 6.74. The number of carbonyl (C=O) groups excluding carboxylic acids is 1. The Bertz CT molecular complexity index is 1180. The van der Waals surface area contributed by atoms with Gasteiger partial charge in [0, 0.05) is 44.4 Å². The second-order valence-electron chi connectivity index (χ2n) is 9.96. The van der Waals surface area contributed by atoms with Crippen molar-refractivity contribution in [3.05, 3.63) is 63.1 Å². The van der Waals surface area contributed by atoms with E-state index in [4.69, 9.17) is 0 Å². The number of ketones is 1. The lowest BCUT2D eigenvalue weighted by Gasteiger charge is -2.55. The molecule has 1 aliphatic carbocycles. The highest BCUT2D eigenvalue weighted by Gasteiger charge is 2.45. The summed E-state index contributed by atoms with van der Waals surface area (Å²) in [6.45, 7) is 2.38. The molecule has 1 aromatic carbocycles. The minimum absolute atomic E-state index is 0.00663. The van der Waals surface area contributed by atoms with Crippen LogP contribution in [0, 0.1) is 17.6 Å². The number of benzene rings is 1. The van der Waals surface area contributed by atoms with Gasteiger partial charge in [-0.3, -0.25) is 19.4 Å². The molecular formula is C26H31F2N3O4. The number of aliphatic hydroxyl groups is 1. The third-order valence-electron chi connectivity index (χ3n) is 7.95. The van der Waals surface area contributed by atoms with Crippen LogP contribution in [0.2, 0.25) is 0 Å². The van der Waals surface area contributed by atoms with Crippen LogP contribution >= 0.6 is 0 Å². The summed E-state index contributed by atoms with van der Waals surface area (Å²) in [7, 11) is 0. The lowest BCUT2D eigenvalue weighted by molar-refractivity contribution is -0.106. The van der Waals surface area contributed by atoms with E-state index in [-0.39, 0.29) is 36.7 Å². The molecule has 2 fully saturated rings. The molecule has 7 nitrogen and oxygen atoms in total. The van der Waals surface area contributed by atoms with Crippen LogP contribution in [0.1, 0.15) is 53.7 Å². The molecule has 0 amide bonds. The van der Waals surface area contributed by atoms with E-state index in [1.54, 1.807) is 4.57 Å². The van der Waals surface area contributed by atoms with E-state index in [1.807, 2.05) is 0 Å². The molecule has 188 valence electrons. The van der Waals surface area contributed by atoms with Crippen molar-refractivity contribution in [3.8, 4) is 5.75 Å². The van der Waals surface area contributed by atoms with Crippen molar-refractivity contribution in [1.29, 1.82) is 0 Å². The predicted molar refractivity (Wildman–Crippen MR) is 125 cm³/mol. The highest BCUT2D eigenvalue weighted by atomic mass is 19.1. The number of halogens is 2. The molecule has 0 bridgehead atoms. The summed E-state index contributed by atoms with van der Waals surface area (Å²) in [5.41, 5.74) is -0.130. The molecule has 3 heterocycles. The first-order valence-corrected chi connectivity index (χ1v) is 12.4. The van der Waals surface area contributed by atoms with Gasteiger partial charge in [0.15, 0.2) is 11.5 Å². The third kappa shape index (κ3) is 4.52. The minimum atomic E-state index is -0.731. The Morgan fingerprint density at radius 3 is 2.71 bits per heavy atom. The number of aromatic hydroxyl groups is 1. The van der Waals surface area contributed by atoms with Crippen molar-refractivity contribution in [3.63, 3.8) is 0 Å². The van der Waals surface area contributed by atoms with Crippen molar-refractivity contribution in [2.24, 2.45) is 5.92 Å². The molecule has 0 spiro atoms. The number of fused-ring (bicyclic) bond motifs is 4. The number of pyridine rings is 1. The van der Waals surface area contributed by atoms with Crippen LogP contribution in [0.15, 0.2) is 29.2 Å². The second kappa shape index (κ2) is 9.79. The second-order valence-corrected chi connectivity index (χ2v) is 9.96. The van der Waals surface area contributed by atoms with E-state index in [0.29, 0.717) is 37.3 Å². The van der Waals surface area contributed by atoms with Crippen LogP contribution in [0.5, 0.6) is 5.75 Å². The highest BCUT2D eigenvalue weighted by Crippen LogP contribution is 2.39. The quantitative estimate of drug-likeness (QED) is 0.610. The molecule has 35 heavy (non-hydrogen) atoms. The molecular weight excluding hydrogens is 456 g/mol. The van der Waals surface area contributed by atoms with Gasteiger partial charge in [-0.2, -0.15) is 0 Å². The number of aliphatic hydroxyl groups excluding tert-OH is 1. The van der Waals surface area contributed by atoms with Gasteiger partial charge in [0.05, 0.1) is 30.6 Å². The third-order valence-corrected chi connectivity index (χ3v) is 7.95. The van der Waals surface area contributed by atoms with Gasteiger partial charge >= 0.3 is 0 Å². The number of Topliss-reactive ketones (excluding diaryl/α,β-unsaturated/α-hetero) is 1. The van der Waals surface area contributed by atoms with Crippen LogP contribution in [0.25, 0.3) is 0 Å². The number of nitrogens with zero attached hydrogens (tertiary/aromatic N) is 3. The van der Waals surface area contributed by atoms with E-state index in [9.17, 15) is 28.6 Å². The van der Waals surface area contributed by atoms with Gasteiger partial charge in [-0.25, -0.2) is 8.78 Å². The van der Waals surface area contributed by atoms with Crippen LogP contribution in [-0.2, 0) is 19.5 Å². The fourth-order valence-electron chi connectivity index (χ4n) is 6.17. The van der Waals surface area contributed by atoms with Crippen molar-refractivity contribution in [2.45, 2.75) is 63.8 Å². The summed E-state index contributed by atoms with van der Waals surface area (Å²) in [6, 6.07) is 3.57. The van der Waals surface area contributed by atoms with Crippen LogP contribution in [-0.4, -0.2) is 62.3 Å². The number of hydrogen-bond donors (Lipinski definition) is 2. The summed E-state index contributed by atoms with van der Waals surface area (Å²) in [5, 5.41) is 20.5. The number of aromatic nitrogens is 1. The van der Waals surface area contributed by atoms with Crippen LogP contribution in [0.4, 0.5) is 8.78 Å². The Labute approximate surface area is 202 Å². The summed E-state index contributed by atoms with van der Waals surface area (Å²) < 4.78 is 28.9. The minimum Gasteiger partial charge on any atom is -0.503 e. The summed E-state index contributed by atoms with van der Waals surface area (Å²) >= 11 is 0. The smallest absolute Gasteiger partial charge is 0.234 e. The topological polar surface area (TPSA) is 86.0 Å². The molecule has 1 aromatic heterocycles. The van der Waals surface area contributed by atoms with Gasteiger partial charge < -0.3 is 14.8 Å². The average molecular weight is 488 g/mol. The summed E-state index contributed by atoms with van der Waals surface area (Å²) in [4.78, 5) is 30.5. The molecule has 0 unspecified atom stereocenters. The number of β-amino-alcohol motifs (C(OH)–C–C–N with tert-alkyl or cyclic N) is 1. The summed E-state index contributed by atoms with van der Waals surface area (Å²) in [6.07, 6.45) is 5.98. The van der Waals surface area contributed by atoms with Gasteiger partial charge in [0.25, 0.3) is 0 Å². The molecule has 0 radical (unpaired) electrons. The standard InChI is InChI=1S/C26H31F2N3O4/c27-18-7-5-16(20(28)11-18)6-8-23(33)19-13-30-15-24-29(9-10-32)12-17-3-1-2-4-21(17)31(24)14-22(30)26(35)25(19)34/h5,7,11,13,17,21,24,32,35H,1-4,6,8-10,12,14-15H2/t17-,21-,24-/m0/s1. The molecule has 9 heteroatoms. The zero-order valence-corrected chi connectivity index (χ0v) is 19.6. The van der Waals surface area contributed by atoms with Crippen molar-refractivity contribution >= 4 is 5.78 Å². The van der Waals surface area contributed by atoms with Gasteiger partial charge in [-0.15, -0.1) is 0 Å². The van der Waals surface area contributed by atoms with Crippen molar-refractivity contribution < 1.29 is 23.8 Å². The predicted octanol–water partition coefficient (Wildman–Crippen LogP) is 2.66. The van der Waals surface area contributed by atoms with E-state index in [1.165, 1.54) is 18.7 Å². The molecule has 2 N–H and O–H groups in total. The van der Waals surface area contributed by atoms with Crippen LogP contribution in [0.3, 0.4) is 0 Å². The Morgan fingerprint density at radius 2 is 1.94 bits per heavy atom. The molecule has 2 aliphatic heterocycles. The van der Waals surface area contributed by atoms with Gasteiger partial charge in [-0.05, 0) is 36.8 Å². The zero-order valence-electron chi connectivity index (χ0n) is 19.6. The molecule has 1 saturated carbocycles. The fraction of sp³-hybridized carbons (Fsp3) is 0.538. The Balaban J connectivity index is 1.41. The molecule has 2 aromatic rings. The van der Waals surface area contributed by atoms with E-state index < -0.39 is 28.6 Å². The fourth-order valence-corrected chi connectivity index (χ4v) is 6.17. The Morgan fingerprint density at radius 1 is 1.14 bits per heavy atom. The van der Waals surface area contributed by atoms with Gasteiger partial charge in [0.2, 0.25) is 5.43 Å². The maximum Gasteiger partial charge on any atom is 0.234 e. The first-order chi connectivity index (χ1) is 16.9. The van der Waals surface area contributed by atoms with Crippen LogP contribution < -0.4 is 5.43 Å². The first-order valence-electron chi connectivity index (χ1n) is 12.4. The molecule has 5 rings (SSSR count). The SMILES string of the molecule is O=C(CCc1ccc(F)cc1F)c1cn2c(c(O)c1=O)CN1[C@H]3CCCC[C@H]3CN(CCO)[C@@H]1C2. The maximum atomic E-state index is 14.0. The van der Waals surface area contributed by atoms with E-state index >= 15 is 0 Å². The number of carbonyl (C=O) groups is 1. The van der Waals surface area contributed by atoms with Crippen molar-refractivity contribution in [2.75, 3.05) is 19.7 Å². The van der Waals surface area contributed by atoms with Gasteiger partial charge in [0.1, 0.15) is 11.6 Å². The largest absolute Gasteiger partial charge is 0.503 e. The highest BCUT2D eigenvalue weighted by molar-refractivity contribution is 5.96. The Hall–Kier alpha value is -2.62. The number of rotatable bonds is 6. The lowest BCUT2D eigenvalue weighted by Crippen LogP contribution is -2.65. The number of aryl methyl sites for hydroxylation is 1. The van der Waals surface area contributed by atoms with E-state index in [2.05, 4.69) is 9.80 Å². The lowest BCUT2D eigenvalue weighted by atomic mass is 9.80. The summed E-state index contributed by atoms with van der Waals surface area (Å²) in [5.74, 6) is -1.82. The molecule has 3 aliphatic rings. The monoisotopic (exact) mass is 487 g/mol. The van der Waals surface area contributed by atoms with Gasteiger partial charge in [-0.1, -0.05) is 18.9 Å². The zero-order chi connectivity index (χ0) is 24.7. The normalized spacial score (nSPS) is 24.5. The van der Waals surface area contributed by atoms with Crippen molar-refractivity contribution in [1.82, 2.24) is 14.4 Å².